The van der Waals surface area contributed by atoms with Crippen molar-refractivity contribution in [2.24, 2.45) is 0 Å². The van der Waals surface area contributed by atoms with Gasteiger partial charge in [0.05, 0.1) is 25.2 Å². The van der Waals surface area contributed by atoms with Crippen LogP contribution in [0.3, 0.4) is 0 Å². The number of aliphatic carboxylic acids is 1. The van der Waals surface area contributed by atoms with Gasteiger partial charge in [-0.2, -0.15) is 0 Å². The summed E-state index contributed by atoms with van der Waals surface area (Å²) >= 11 is 1.17. The second-order valence-electron chi connectivity index (χ2n) is 5.03. The minimum absolute atomic E-state index is 0.0730. The quantitative estimate of drug-likeness (QED) is 0.587. The predicted octanol–water partition coefficient (Wildman–Crippen LogP) is -0.316. The molecule has 0 bridgehead atoms. The molecule has 9 heteroatoms. The summed E-state index contributed by atoms with van der Waals surface area (Å²) in [7, 11) is 1.23. The third-order valence-corrected chi connectivity index (χ3v) is 4.63. The van der Waals surface area contributed by atoms with E-state index in [1.807, 2.05) is 0 Å². The number of amides is 2. The van der Waals surface area contributed by atoms with Crippen LogP contribution < -0.4 is 10.4 Å². The summed E-state index contributed by atoms with van der Waals surface area (Å²) < 4.78 is 4.77. The number of nitrogens with one attached hydrogen (secondary N) is 1. The maximum Gasteiger partial charge on any atom is 0.341 e. The summed E-state index contributed by atoms with van der Waals surface area (Å²) in [5.41, 5.74) is 0.986. The maximum atomic E-state index is 12.1. The van der Waals surface area contributed by atoms with E-state index in [1.54, 1.807) is 4.90 Å². The van der Waals surface area contributed by atoms with E-state index in [2.05, 4.69) is 5.32 Å². The van der Waals surface area contributed by atoms with Crippen LogP contribution in [0.2, 0.25) is 0 Å². The number of fused-ring (bicyclic) bond motifs is 1. The van der Waals surface area contributed by atoms with Crippen LogP contribution in [0.5, 0.6) is 0 Å². The van der Waals surface area contributed by atoms with Crippen LogP contribution in [0.4, 0.5) is 5.00 Å². The second-order valence-corrected chi connectivity index (χ2v) is 6.14. The molecule has 0 spiro atoms. The first-order valence-electron chi connectivity index (χ1n) is 7.02. The molecule has 0 fully saturated rings. The van der Waals surface area contributed by atoms with Crippen molar-refractivity contribution in [3.63, 3.8) is 0 Å². The van der Waals surface area contributed by atoms with Crippen molar-refractivity contribution in [1.29, 1.82) is 0 Å². The van der Waals surface area contributed by atoms with Gasteiger partial charge in [0.15, 0.2) is 0 Å². The Balaban J connectivity index is 2.34. The Bertz CT molecular complexity index is 737. The van der Waals surface area contributed by atoms with E-state index >= 15 is 0 Å². The number of carbonyl (C=O) groups is 4. The average molecular weight is 351 g/mol. The normalized spacial score (nSPS) is 13.5. The molecule has 0 radical (unpaired) electrons. The number of nitrogens with zero attached hydrogens (tertiary/aromatic N) is 1. The number of ether oxygens (including phenoxy) is 1. The summed E-state index contributed by atoms with van der Waals surface area (Å²) in [6, 6.07) is 0. The van der Waals surface area contributed by atoms with Gasteiger partial charge in [0.1, 0.15) is 5.00 Å². The number of hydrogen-bond acceptors (Lipinski definition) is 7. The lowest BCUT2D eigenvalue weighted by atomic mass is 10.0. The van der Waals surface area contributed by atoms with E-state index in [0.29, 0.717) is 25.6 Å². The third-order valence-electron chi connectivity index (χ3n) is 3.50. The largest absolute Gasteiger partial charge is 0.545 e. The van der Waals surface area contributed by atoms with Crippen LogP contribution >= 0.6 is 11.3 Å². The molecule has 1 aromatic heterocycles. The molecule has 0 saturated heterocycles. The first-order valence-corrected chi connectivity index (χ1v) is 7.83. The van der Waals surface area contributed by atoms with Gasteiger partial charge in [0, 0.05) is 24.4 Å². The fourth-order valence-corrected chi connectivity index (χ4v) is 3.63. The topological polar surface area (TPSA) is 116 Å². The highest BCUT2D eigenvalue weighted by molar-refractivity contribution is 7.17. The lowest BCUT2D eigenvalue weighted by Gasteiger charge is -2.25. The Morgan fingerprint density at radius 2 is 2.00 bits per heavy atom. The Morgan fingerprint density at radius 3 is 2.58 bits per heavy atom. The maximum absolute atomic E-state index is 12.1. The van der Waals surface area contributed by atoms with Crippen LogP contribution in [0.25, 0.3) is 0 Å². The Hall–Kier alpha value is -2.68. The van der Waals surface area contributed by atoms with Gasteiger partial charge < -0.3 is 24.9 Å². The first-order chi connectivity index (χ1) is 11.3. The molecule has 128 valence electrons. The molecule has 0 aromatic carbocycles. The van der Waals surface area contributed by atoms with Crippen molar-refractivity contribution in [2.75, 3.05) is 19.0 Å². The molecule has 1 aliphatic heterocycles. The molecule has 2 heterocycles. The van der Waals surface area contributed by atoms with E-state index in [9.17, 15) is 24.3 Å². The SMILES string of the molecule is COC(=O)c1c(NC(=O)C=CC(=O)[O-])sc2c1CCN(C(C)=O)C2. The monoisotopic (exact) mass is 351 g/mol. The summed E-state index contributed by atoms with van der Waals surface area (Å²) in [4.78, 5) is 48.1. The number of carbonyl (C=O) groups excluding carboxylic acids is 4. The van der Waals surface area contributed by atoms with Crippen molar-refractivity contribution in [2.45, 2.75) is 19.9 Å². The molecule has 1 aromatic rings. The summed E-state index contributed by atoms with van der Waals surface area (Å²) in [6.07, 6.45) is 1.87. The Labute approximate surface area is 141 Å². The van der Waals surface area contributed by atoms with E-state index in [0.717, 1.165) is 16.5 Å². The van der Waals surface area contributed by atoms with Crippen LogP contribution in [0.1, 0.15) is 27.7 Å². The van der Waals surface area contributed by atoms with Gasteiger partial charge in [-0.3, -0.25) is 9.59 Å². The van der Waals surface area contributed by atoms with E-state index in [-0.39, 0.29) is 16.5 Å². The van der Waals surface area contributed by atoms with Gasteiger partial charge in [-0.1, -0.05) is 0 Å². The molecule has 0 unspecified atom stereocenters. The number of hydrogen-bond donors (Lipinski definition) is 1. The molecular weight excluding hydrogens is 336 g/mol. The molecule has 2 rings (SSSR count). The van der Waals surface area contributed by atoms with Crippen LogP contribution in [0.15, 0.2) is 12.2 Å². The molecule has 24 heavy (non-hydrogen) atoms. The zero-order chi connectivity index (χ0) is 17.9. The van der Waals surface area contributed by atoms with Gasteiger partial charge >= 0.3 is 5.97 Å². The average Bonchev–Trinajstić information content (AvgIpc) is 2.88. The molecule has 2 amide bonds. The second kappa shape index (κ2) is 7.26. The van der Waals surface area contributed by atoms with Crippen molar-refractivity contribution in [3.05, 3.63) is 28.2 Å². The molecule has 0 atom stereocenters. The highest BCUT2D eigenvalue weighted by Crippen LogP contribution is 2.37. The molecule has 1 aliphatic rings. The Kier molecular flexibility index (Phi) is 5.35. The highest BCUT2D eigenvalue weighted by Gasteiger charge is 2.29. The molecular formula is C15H15N2O6S-. The summed E-state index contributed by atoms with van der Waals surface area (Å²) in [6.45, 7) is 2.29. The van der Waals surface area contributed by atoms with Crippen LogP contribution in [0, 0.1) is 0 Å². The van der Waals surface area contributed by atoms with Gasteiger partial charge in [-0.25, -0.2) is 4.79 Å². The van der Waals surface area contributed by atoms with E-state index in [1.165, 1.54) is 25.4 Å². The van der Waals surface area contributed by atoms with Gasteiger partial charge in [0.2, 0.25) is 11.8 Å². The number of methoxy groups -OCH3 is 1. The Morgan fingerprint density at radius 1 is 1.29 bits per heavy atom. The zero-order valence-corrected chi connectivity index (χ0v) is 13.9. The highest BCUT2D eigenvalue weighted by atomic mass is 32.1. The van der Waals surface area contributed by atoms with Gasteiger partial charge in [0.25, 0.3) is 0 Å². The fourth-order valence-electron chi connectivity index (χ4n) is 2.38. The lowest BCUT2D eigenvalue weighted by molar-refractivity contribution is -0.297. The van der Waals surface area contributed by atoms with Crippen molar-refractivity contribution >= 4 is 40.1 Å². The van der Waals surface area contributed by atoms with E-state index < -0.39 is 17.8 Å². The van der Waals surface area contributed by atoms with Crippen molar-refractivity contribution in [3.8, 4) is 0 Å². The van der Waals surface area contributed by atoms with Crippen molar-refractivity contribution in [1.82, 2.24) is 4.90 Å². The molecule has 0 aliphatic carbocycles. The number of rotatable bonds is 4. The first kappa shape index (κ1) is 17.7. The van der Waals surface area contributed by atoms with Crippen LogP contribution in [-0.4, -0.2) is 42.3 Å². The lowest BCUT2D eigenvalue weighted by Crippen LogP contribution is -2.33. The van der Waals surface area contributed by atoms with Crippen molar-refractivity contribution < 1.29 is 29.0 Å². The third kappa shape index (κ3) is 3.80. The number of carboxylic acid groups (broad SMARTS) is 1. The minimum atomic E-state index is -1.50. The number of esters is 1. The van der Waals surface area contributed by atoms with Crippen LogP contribution in [-0.2, 0) is 32.1 Å². The number of anilines is 1. The number of thiophene rings is 1. The zero-order valence-electron chi connectivity index (χ0n) is 13.1. The summed E-state index contributed by atoms with van der Waals surface area (Å²) in [5.74, 6) is -2.87. The molecule has 0 saturated carbocycles. The molecule has 1 N–H and O–H groups in total. The number of carboxylic acids is 1. The van der Waals surface area contributed by atoms with Gasteiger partial charge in [-0.15, -0.1) is 11.3 Å². The smallest absolute Gasteiger partial charge is 0.341 e. The summed E-state index contributed by atoms with van der Waals surface area (Å²) in [5, 5.41) is 13.1. The fraction of sp³-hybridized carbons (Fsp3) is 0.333. The molecule has 8 nitrogen and oxygen atoms in total. The van der Waals surface area contributed by atoms with Gasteiger partial charge in [-0.05, 0) is 18.1 Å². The minimum Gasteiger partial charge on any atom is -0.545 e. The predicted molar refractivity (Wildman–Crippen MR) is 83.2 cm³/mol. The standard InChI is InChI=1S/C15H16N2O6S/c1-8(18)17-6-5-9-10(7-17)24-14(13(9)15(22)23-2)16-11(19)3-4-12(20)21/h3-4H,5-7H2,1-2H3,(H,16,19)(H,20,21)/p-1. The van der Waals surface area contributed by atoms with E-state index in [4.69, 9.17) is 4.74 Å².